The topological polar surface area (TPSA) is 92.9 Å². The Hall–Kier alpha value is -2.65. The van der Waals surface area contributed by atoms with Crippen LogP contribution in [-0.4, -0.2) is 34.1 Å². The van der Waals surface area contributed by atoms with Gasteiger partial charge in [0, 0.05) is 26.2 Å². The number of rotatable bonds is 5. The van der Waals surface area contributed by atoms with Crippen LogP contribution in [0.2, 0.25) is 0 Å². The third-order valence-corrected chi connectivity index (χ3v) is 2.55. The number of anilines is 1. The fourth-order valence-corrected chi connectivity index (χ4v) is 1.60. The Bertz CT molecular complexity index is 656. The predicted molar refractivity (Wildman–Crippen MR) is 69.1 cm³/mol. The highest BCUT2D eigenvalue weighted by molar-refractivity contribution is 5.90. The highest BCUT2D eigenvalue weighted by Crippen LogP contribution is 2.33. The lowest BCUT2D eigenvalue weighted by atomic mass is 10.2. The number of nitrogens with zero attached hydrogens (tertiary/aromatic N) is 3. The SMILES string of the molecule is Cc1nc(C(=O)NCCNc2ncccc2C(F)(F)F)no1. The summed E-state index contributed by atoms with van der Waals surface area (Å²) in [6.07, 6.45) is -3.25. The highest BCUT2D eigenvalue weighted by Gasteiger charge is 2.33. The first-order valence-corrected chi connectivity index (χ1v) is 6.22. The molecule has 0 atom stereocenters. The van der Waals surface area contributed by atoms with E-state index in [0.29, 0.717) is 0 Å². The van der Waals surface area contributed by atoms with E-state index in [-0.39, 0.29) is 30.6 Å². The van der Waals surface area contributed by atoms with E-state index in [4.69, 9.17) is 0 Å². The molecule has 0 radical (unpaired) electrons. The summed E-state index contributed by atoms with van der Waals surface area (Å²) in [4.78, 5) is 18.9. The largest absolute Gasteiger partial charge is 0.419 e. The number of aromatic nitrogens is 3. The first-order valence-electron chi connectivity index (χ1n) is 6.22. The van der Waals surface area contributed by atoms with Crippen LogP contribution in [0.1, 0.15) is 22.1 Å². The van der Waals surface area contributed by atoms with Crippen LogP contribution in [0.5, 0.6) is 0 Å². The lowest BCUT2D eigenvalue weighted by Crippen LogP contribution is -2.30. The summed E-state index contributed by atoms with van der Waals surface area (Å²) in [6, 6.07) is 2.13. The Morgan fingerprint density at radius 2 is 2.14 bits per heavy atom. The van der Waals surface area contributed by atoms with Gasteiger partial charge in [0.05, 0.1) is 5.56 Å². The average molecular weight is 315 g/mol. The summed E-state index contributed by atoms with van der Waals surface area (Å²) in [6.45, 7) is 1.66. The fraction of sp³-hybridized carbons (Fsp3) is 0.333. The molecular weight excluding hydrogens is 303 g/mol. The third kappa shape index (κ3) is 3.93. The second-order valence-electron chi connectivity index (χ2n) is 4.22. The molecule has 118 valence electrons. The average Bonchev–Trinajstić information content (AvgIpc) is 2.89. The molecule has 1 amide bonds. The maximum Gasteiger partial charge on any atom is 0.419 e. The number of hydrogen-bond acceptors (Lipinski definition) is 6. The zero-order valence-corrected chi connectivity index (χ0v) is 11.4. The number of alkyl halides is 3. The summed E-state index contributed by atoms with van der Waals surface area (Å²) in [5.41, 5.74) is -0.866. The van der Waals surface area contributed by atoms with Gasteiger partial charge in [0.15, 0.2) is 0 Å². The third-order valence-electron chi connectivity index (χ3n) is 2.55. The second kappa shape index (κ2) is 6.41. The van der Waals surface area contributed by atoms with E-state index in [0.717, 1.165) is 6.07 Å². The van der Waals surface area contributed by atoms with Crippen LogP contribution in [0.4, 0.5) is 19.0 Å². The number of carbonyl (C=O) groups is 1. The molecule has 2 rings (SSSR count). The van der Waals surface area contributed by atoms with Gasteiger partial charge in [-0.25, -0.2) is 4.98 Å². The maximum absolute atomic E-state index is 12.7. The lowest BCUT2D eigenvalue weighted by Gasteiger charge is -2.13. The molecule has 2 heterocycles. The van der Waals surface area contributed by atoms with Gasteiger partial charge in [0.1, 0.15) is 5.82 Å². The van der Waals surface area contributed by atoms with Gasteiger partial charge >= 0.3 is 6.18 Å². The van der Waals surface area contributed by atoms with Crippen molar-refractivity contribution in [3.63, 3.8) is 0 Å². The Balaban J connectivity index is 1.86. The molecule has 0 spiro atoms. The molecule has 2 aromatic rings. The van der Waals surface area contributed by atoms with Gasteiger partial charge in [-0.3, -0.25) is 4.79 Å². The maximum atomic E-state index is 12.7. The van der Waals surface area contributed by atoms with Crippen LogP contribution in [0.25, 0.3) is 0 Å². The molecule has 0 aliphatic carbocycles. The number of amides is 1. The van der Waals surface area contributed by atoms with Crippen LogP contribution in [0.3, 0.4) is 0 Å². The van der Waals surface area contributed by atoms with E-state index in [1.807, 2.05) is 0 Å². The first-order chi connectivity index (χ1) is 10.4. The van der Waals surface area contributed by atoms with Gasteiger partial charge in [-0.15, -0.1) is 0 Å². The first kappa shape index (κ1) is 15.7. The molecule has 0 bridgehead atoms. The highest BCUT2D eigenvalue weighted by atomic mass is 19.4. The number of halogens is 3. The molecule has 0 aliphatic heterocycles. The summed E-state index contributed by atoms with van der Waals surface area (Å²) in [7, 11) is 0. The van der Waals surface area contributed by atoms with Crippen molar-refractivity contribution in [1.29, 1.82) is 0 Å². The fourth-order valence-electron chi connectivity index (χ4n) is 1.60. The lowest BCUT2D eigenvalue weighted by molar-refractivity contribution is -0.137. The van der Waals surface area contributed by atoms with Crippen molar-refractivity contribution in [2.24, 2.45) is 0 Å². The molecule has 0 fully saturated rings. The van der Waals surface area contributed by atoms with E-state index >= 15 is 0 Å². The van der Waals surface area contributed by atoms with Crippen LogP contribution < -0.4 is 10.6 Å². The molecule has 10 heteroatoms. The monoisotopic (exact) mass is 315 g/mol. The molecule has 0 saturated carbocycles. The van der Waals surface area contributed by atoms with Gasteiger partial charge in [-0.1, -0.05) is 5.16 Å². The summed E-state index contributed by atoms with van der Waals surface area (Å²) < 4.78 is 42.8. The quantitative estimate of drug-likeness (QED) is 0.815. The van der Waals surface area contributed by atoms with Gasteiger partial charge in [0.25, 0.3) is 11.7 Å². The summed E-state index contributed by atoms with van der Waals surface area (Å²) in [5, 5.41) is 8.39. The summed E-state index contributed by atoms with van der Waals surface area (Å²) in [5.74, 6) is -0.756. The number of pyridine rings is 1. The van der Waals surface area contributed by atoms with E-state index < -0.39 is 17.6 Å². The minimum Gasteiger partial charge on any atom is -0.368 e. The zero-order valence-electron chi connectivity index (χ0n) is 11.4. The van der Waals surface area contributed by atoms with Crippen LogP contribution in [0, 0.1) is 6.92 Å². The molecule has 0 aliphatic rings. The van der Waals surface area contributed by atoms with Crippen molar-refractivity contribution in [2.75, 3.05) is 18.4 Å². The smallest absolute Gasteiger partial charge is 0.368 e. The molecule has 22 heavy (non-hydrogen) atoms. The second-order valence-corrected chi connectivity index (χ2v) is 4.22. The van der Waals surface area contributed by atoms with Crippen molar-refractivity contribution in [3.05, 3.63) is 35.6 Å². The molecule has 2 N–H and O–H groups in total. The van der Waals surface area contributed by atoms with Gasteiger partial charge in [-0.05, 0) is 12.1 Å². The van der Waals surface area contributed by atoms with Crippen molar-refractivity contribution in [1.82, 2.24) is 20.4 Å². The van der Waals surface area contributed by atoms with Crippen LogP contribution in [0.15, 0.2) is 22.9 Å². The van der Waals surface area contributed by atoms with Gasteiger partial charge in [-0.2, -0.15) is 18.2 Å². The minimum atomic E-state index is -4.50. The van der Waals surface area contributed by atoms with Crippen LogP contribution in [-0.2, 0) is 6.18 Å². The van der Waals surface area contributed by atoms with Crippen molar-refractivity contribution in [3.8, 4) is 0 Å². The number of hydrogen-bond donors (Lipinski definition) is 2. The zero-order chi connectivity index (χ0) is 16.2. The molecule has 7 nitrogen and oxygen atoms in total. The van der Waals surface area contributed by atoms with Gasteiger partial charge < -0.3 is 15.2 Å². The normalized spacial score (nSPS) is 11.3. The standard InChI is InChI=1S/C12H12F3N5O2/c1-7-19-10(20-22-7)11(21)18-6-5-17-9-8(12(13,14)15)3-2-4-16-9/h2-4H,5-6H2,1H3,(H,16,17)(H,18,21). The predicted octanol–water partition coefficient (Wildman–Crippen LogP) is 1.63. The molecule has 0 unspecified atom stereocenters. The van der Waals surface area contributed by atoms with Gasteiger partial charge in [0.2, 0.25) is 5.89 Å². The number of nitrogens with one attached hydrogen (secondary N) is 2. The molecule has 0 saturated heterocycles. The van der Waals surface area contributed by atoms with Crippen molar-refractivity contribution >= 4 is 11.7 Å². The van der Waals surface area contributed by atoms with E-state index in [9.17, 15) is 18.0 Å². The van der Waals surface area contributed by atoms with Crippen LogP contribution >= 0.6 is 0 Å². The van der Waals surface area contributed by atoms with Crippen molar-refractivity contribution in [2.45, 2.75) is 13.1 Å². The van der Waals surface area contributed by atoms with E-state index in [1.54, 1.807) is 0 Å². The number of aryl methyl sites for hydroxylation is 1. The minimum absolute atomic E-state index is 0.0582. The Kier molecular flexibility index (Phi) is 4.59. The Labute approximate surface area is 122 Å². The Morgan fingerprint density at radius 3 is 2.77 bits per heavy atom. The summed E-state index contributed by atoms with van der Waals surface area (Å²) >= 11 is 0. The van der Waals surface area contributed by atoms with E-state index in [1.165, 1.54) is 19.2 Å². The molecule has 2 aromatic heterocycles. The van der Waals surface area contributed by atoms with Crippen molar-refractivity contribution < 1.29 is 22.5 Å². The number of carbonyl (C=O) groups excluding carboxylic acids is 1. The molecular formula is C12H12F3N5O2. The Morgan fingerprint density at radius 1 is 1.36 bits per heavy atom. The van der Waals surface area contributed by atoms with E-state index in [2.05, 4.69) is 30.3 Å². The molecule has 0 aromatic carbocycles.